The lowest BCUT2D eigenvalue weighted by Gasteiger charge is -2.28. The number of amides is 2. The van der Waals surface area contributed by atoms with Gasteiger partial charge < -0.3 is 10.2 Å². The smallest absolute Gasteiger partial charge is 0.248 e. The van der Waals surface area contributed by atoms with E-state index in [1.54, 1.807) is 54.6 Å². The number of thioether (sulfide) groups is 1. The van der Waals surface area contributed by atoms with Crippen LogP contribution >= 0.6 is 50.9 Å². The lowest BCUT2D eigenvalue weighted by Crippen LogP contribution is -2.33. The molecule has 3 atom stereocenters. The number of furan rings is 1. The number of fused-ring (bicyclic) bond motifs is 1. The molecule has 10 heteroatoms. The Bertz CT molecular complexity index is 1410. The topological polar surface area (TPSA) is 100 Å². The molecule has 0 spiro atoms. The Kier molecular flexibility index (Phi) is 5.98. The van der Waals surface area contributed by atoms with E-state index in [1.807, 2.05) is 0 Å². The van der Waals surface area contributed by atoms with Gasteiger partial charge in [-0.3, -0.25) is 9.59 Å². The van der Waals surface area contributed by atoms with E-state index in [2.05, 4.69) is 22.0 Å². The van der Waals surface area contributed by atoms with Crippen LogP contribution in [0, 0.1) is 17.2 Å². The molecule has 0 radical (unpaired) electrons. The summed E-state index contributed by atoms with van der Waals surface area (Å²) in [6.45, 7) is 0. The summed E-state index contributed by atoms with van der Waals surface area (Å²) in [5, 5.41) is 10.2. The normalized spacial score (nSPS) is 22.2. The predicted octanol–water partition coefficient (Wildman–Crippen LogP) is 6.10. The number of hydrogen-bond acceptors (Lipinski definition) is 6. The third-order valence-electron chi connectivity index (χ3n) is 5.82. The monoisotopic (exact) mass is 573 g/mol. The van der Waals surface area contributed by atoms with E-state index < -0.39 is 23.0 Å². The molecule has 3 heterocycles. The zero-order chi connectivity index (χ0) is 24.1. The maximum Gasteiger partial charge on any atom is 0.248 e. The molecule has 2 aromatic carbocycles. The highest BCUT2D eigenvalue weighted by Gasteiger charge is 2.57. The van der Waals surface area contributed by atoms with Gasteiger partial charge in [0.25, 0.3) is 0 Å². The number of benzene rings is 2. The third-order valence-corrected chi connectivity index (χ3v) is 8.13. The van der Waals surface area contributed by atoms with Crippen molar-refractivity contribution >= 4 is 68.4 Å². The minimum absolute atomic E-state index is 0.197. The van der Waals surface area contributed by atoms with Gasteiger partial charge in [0.15, 0.2) is 0 Å². The van der Waals surface area contributed by atoms with Crippen molar-refractivity contribution in [3.63, 3.8) is 0 Å². The summed E-state index contributed by atoms with van der Waals surface area (Å²) >= 11 is 16.8. The molecule has 2 aliphatic rings. The van der Waals surface area contributed by atoms with Crippen molar-refractivity contribution in [3.8, 4) is 17.4 Å². The van der Waals surface area contributed by atoms with E-state index in [4.69, 9.17) is 33.4 Å². The molecule has 1 fully saturated rings. The summed E-state index contributed by atoms with van der Waals surface area (Å²) in [6.07, 6.45) is 0. The van der Waals surface area contributed by atoms with Crippen molar-refractivity contribution in [3.05, 3.63) is 85.5 Å². The van der Waals surface area contributed by atoms with Gasteiger partial charge in [0, 0.05) is 15.1 Å². The van der Waals surface area contributed by atoms with E-state index in [0.29, 0.717) is 32.8 Å². The van der Waals surface area contributed by atoms with E-state index in [-0.39, 0.29) is 16.5 Å². The molecule has 2 amide bonds. The van der Waals surface area contributed by atoms with Crippen LogP contribution in [0.25, 0.3) is 11.3 Å². The fourth-order valence-electron chi connectivity index (χ4n) is 4.28. The Morgan fingerprint density at radius 3 is 2.50 bits per heavy atom. The fraction of sp³-hybridized carbons (Fsp3) is 0.125. The number of nitriles is 1. The third kappa shape index (κ3) is 3.73. The van der Waals surface area contributed by atoms with Crippen molar-refractivity contribution in [2.75, 3.05) is 4.90 Å². The molecule has 5 rings (SSSR count). The zero-order valence-electron chi connectivity index (χ0n) is 17.2. The first-order chi connectivity index (χ1) is 16.3. The van der Waals surface area contributed by atoms with Crippen LogP contribution in [0.15, 0.2) is 74.1 Å². The Labute approximate surface area is 217 Å². The van der Waals surface area contributed by atoms with Gasteiger partial charge in [-0.15, -0.1) is 0 Å². The second-order valence-electron chi connectivity index (χ2n) is 7.75. The molecule has 0 aliphatic carbocycles. The second kappa shape index (κ2) is 8.82. The summed E-state index contributed by atoms with van der Waals surface area (Å²) in [6, 6.07) is 17.4. The number of nitrogens with zero attached hydrogens (tertiary/aromatic N) is 2. The molecule has 2 aliphatic heterocycles. The molecule has 34 heavy (non-hydrogen) atoms. The van der Waals surface area contributed by atoms with Gasteiger partial charge in [-0.05, 0) is 54.6 Å². The number of carbonyl (C=O) groups excluding carboxylic acids is 2. The molecule has 0 unspecified atom stereocenters. The molecule has 3 aromatic rings. The number of imide groups is 1. The number of carbonyl (C=O) groups is 2. The predicted molar refractivity (Wildman–Crippen MR) is 135 cm³/mol. The largest absolute Gasteiger partial charge is 0.460 e. The maximum absolute atomic E-state index is 13.6. The van der Waals surface area contributed by atoms with Gasteiger partial charge in [0.2, 0.25) is 11.8 Å². The van der Waals surface area contributed by atoms with Crippen LogP contribution in [0.2, 0.25) is 10.0 Å². The van der Waals surface area contributed by atoms with Crippen LogP contribution in [-0.4, -0.2) is 17.1 Å². The van der Waals surface area contributed by atoms with E-state index >= 15 is 0 Å². The number of hydrogen-bond donors (Lipinski definition) is 1. The summed E-state index contributed by atoms with van der Waals surface area (Å²) in [5.74, 6) is -1.68. The zero-order valence-corrected chi connectivity index (χ0v) is 21.1. The molecule has 1 saturated heterocycles. The SMILES string of the molecule is N#CC1=C(N)S[C@@H]2C(=O)N(c3ccc(Br)cc3)C(=O)[C@H]2[C@H]1c1ccc(-c2cc(Cl)ccc2Cl)o1. The van der Waals surface area contributed by atoms with Crippen LogP contribution in [0.3, 0.4) is 0 Å². The summed E-state index contributed by atoms with van der Waals surface area (Å²) in [7, 11) is 0. The van der Waals surface area contributed by atoms with Crippen molar-refractivity contribution < 1.29 is 14.0 Å². The minimum Gasteiger partial charge on any atom is -0.460 e. The Morgan fingerprint density at radius 2 is 1.79 bits per heavy atom. The minimum atomic E-state index is -0.850. The van der Waals surface area contributed by atoms with Gasteiger partial charge in [0.1, 0.15) is 16.8 Å². The number of anilines is 1. The number of allylic oxidation sites excluding steroid dienone is 1. The number of nitrogens with two attached hydrogens (primary N) is 1. The highest BCUT2D eigenvalue weighted by molar-refractivity contribution is 9.10. The summed E-state index contributed by atoms with van der Waals surface area (Å²) in [4.78, 5) is 28.1. The van der Waals surface area contributed by atoms with Crippen molar-refractivity contribution in [2.24, 2.45) is 11.7 Å². The lowest BCUT2D eigenvalue weighted by molar-refractivity contribution is -0.122. The van der Waals surface area contributed by atoms with E-state index in [9.17, 15) is 14.9 Å². The van der Waals surface area contributed by atoms with E-state index in [0.717, 1.165) is 21.1 Å². The fourth-order valence-corrected chi connectivity index (χ4v) is 6.13. The van der Waals surface area contributed by atoms with Gasteiger partial charge in [-0.1, -0.05) is 50.9 Å². The van der Waals surface area contributed by atoms with Gasteiger partial charge >= 0.3 is 0 Å². The highest BCUT2D eigenvalue weighted by atomic mass is 79.9. The molecule has 6 nitrogen and oxygen atoms in total. The van der Waals surface area contributed by atoms with Crippen molar-refractivity contribution in [2.45, 2.75) is 11.2 Å². The van der Waals surface area contributed by atoms with Gasteiger partial charge in [-0.2, -0.15) is 5.26 Å². The Morgan fingerprint density at radius 1 is 1.06 bits per heavy atom. The van der Waals surface area contributed by atoms with Gasteiger partial charge in [-0.25, -0.2) is 4.90 Å². The first-order valence-corrected chi connectivity index (χ1v) is 12.5. The number of halogens is 3. The van der Waals surface area contributed by atoms with Gasteiger partial charge in [0.05, 0.1) is 39.2 Å². The summed E-state index contributed by atoms with van der Waals surface area (Å²) < 4.78 is 6.91. The first-order valence-electron chi connectivity index (χ1n) is 10.0. The second-order valence-corrected chi connectivity index (χ2v) is 10.7. The average molecular weight is 575 g/mol. The van der Waals surface area contributed by atoms with Crippen LogP contribution in [-0.2, 0) is 9.59 Å². The van der Waals surface area contributed by atoms with Crippen molar-refractivity contribution in [1.29, 1.82) is 5.26 Å². The molecular formula is C24H14BrCl2N3O3S. The Hall–Kier alpha value is -2.70. The first kappa shape index (κ1) is 23.1. The van der Waals surface area contributed by atoms with Crippen LogP contribution in [0.1, 0.15) is 11.7 Å². The van der Waals surface area contributed by atoms with Crippen LogP contribution in [0.5, 0.6) is 0 Å². The highest BCUT2D eigenvalue weighted by Crippen LogP contribution is 2.51. The molecule has 170 valence electrons. The standard InChI is InChI=1S/C24H14BrCl2N3O3S/c25-11-1-4-13(5-2-11)30-23(31)20-19(15(10-28)22(29)34-21(20)24(30)32)18-8-7-17(33-18)14-9-12(26)3-6-16(14)27/h1-9,19-21H,29H2/t19-,20+,21+/m1/s1. The molecule has 0 saturated carbocycles. The molecule has 0 bridgehead atoms. The molecule has 2 N–H and O–H groups in total. The summed E-state index contributed by atoms with van der Waals surface area (Å²) in [5.41, 5.74) is 7.42. The molecule has 1 aromatic heterocycles. The van der Waals surface area contributed by atoms with E-state index in [1.165, 1.54) is 0 Å². The number of rotatable bonds is 3. The quantitative estimate of drug-likeness (QED) is 0.379. The van der Waals surface area contributed by atoms with Crippen LogP contribution in [0.4, 0.5) is 5.69 Å². The maximum atomic E-state index is 13.6. The molecular weight excluding hydrogens is 561 g/mol. The lowest BCUT2D eigenvalue weighted by atomic mass is 9.82. The van der Waals surface area contributed by atoms with Crippen molar-refractivity contribution in [1.82, 2.24) is 0 Å². The Balaban J connectivity index is 1.59. The van der Waals surface area contributed by atoms with Crippen LogP contribution < -0.4 is 10.6 Å². The average Bonchev–Trinajstić information content (AvgIpc) is 3.39.